The van der Waals surface area contributed by atoms with E-state index < -0.39 is 5.97 Å². The summed E-state index contributed by atoms with van der Waals surface area (Å²) in [6, 6.07) is 55.1. The number of nitrogens with one attached hydrogen (secondary N) is 4. The number of H-pyrrole nitrogens is 1. The van der Waals surface area contributed by atoms with Crippen LogP contribution in [0.2, 0.25) is 0 Å². The van der Waals surface area contributed by atoms with Gasteiger partial charge in [0, 0.05) is 57.5 Å². The van der Waals surface area contributed by atoms with Gasteiger partial charge >= 0.3 is 13.1 Å². The number of aromatic carboxylic acids is 1. The van der Waals surface area contributed by atoms with Gasteiger partial charge in [0.1, 0.15) is 17.2 Å². The lowest BCUT2D eigenvalue weighted by molar-refractivity contribution is 0.00578. The molecule has 8 aromatic carbocycles. The number of aliphatic hydroxyl groups excluding tert-OH is 3. The van der Waals surface area contributed by atoms with E-state index in [0.29, 0.717) is 41.7 Å². The Hall–Kier alpha value is -8.51. The van der Waals surface area contributed by atoms with Crippen molar-refractivity contribution in [2.24, 2.45) is 5.73 Å². The highest BCUT2D eigenvalue weighted by Crippen LogP contribution is 2.37. The summed E-state index contributed by atoms with van der Waals surface area (Å²) in [5.74, 6) is 0.954. The molecule has 3 unspecified atom stereocenters. The molecule has 3 atom stereocenters. The number of rotatable bonds is 20. The Balaban J connectivity index is 0.000000194. The van der Waals surface area contributed by atoms with Gasteiger partial charge in [0.25, 0.3) is 11.8 Å². The van der Waals surface area contributed by atoms with Gasteiger partial charge in [-0.1, -0.05) is 117 Å². The highest BCUT2D eigenvalue weighted by molar-refractivity contribution is 9.10. The van der Waals surface area contributed by atoms with Crippen molar-refractivity contribution >= 4 is 79.3 Å². The van der Waals surface area contributed by atoms with Gasteiger partial charge in [0.05, 0.1) is 61.9 Å². The number of nitrogens with zero attached hydrogens (tertiary/aromatic N) is 1. The predicted molar refractivity (Wildman–Crippen MR) is 373 cm³/mol. The molecular weight excluding hydrogens is 1310 g/mol. The fraction of sp³-hybridized carbons (Fsp3) is 0.264. The van der Waals surface area contributed by atoms with E-state index in [2.05, 4.69) is 52.7 Å². The third-order valence-corrected chi connectivity index (χ3v) is 16.4. The van der Waals surface area contributed by atoms with Crippen molar-refractivity contribution in [2.45, 2.75) is 83.2 Å². The Morgan fingerprint density at radius 2 is 1.06 bits per heavy atom. The zero-order chi connectivity index (χ0) is 67.7. The van der Waals surface area contributed by atoms with Gasteiger partial charge < -0.3 is 65.7 Å². The second-order valence-electron chi connectivity index (χ2n) is 22.5. The molecule has 488 valence electrons. The normalized spacial score (nSPS) is 13.5. The number of aromatic nitrogens is 2. The van der Waals surface area contributed by atoms with Crippen LogP contribution < -0.4 is 36.0 Å². The first-order valence-corrected chi connectivity index (χ1v) is 31.5. The largest absolute Gasteiger partial charge is 0.497 e. The fourth-order valence-corrected chi connectivity index (χ4v) is 10.2. The molecular formula is C72H81BBr2N6O12. The van der Waals surface area contributed by atoms with Crippen molar-refractivity contribution < 1.29 is 58.3 Å². The van der Waals surface area contributed by atoms with E-state index in [9.17, 15) is 24.6 Å². The van der Waals surface area contributed by atoms with Crippen molar-refractivity contribution in [3.05, 3.63) is 242 Å². The number of amides is 2. The summed E-state index contributed by atoms with van der Waals surface area (Å²) >= 11 is 6.52. The highest BCUT2D eigenvalue weighted by Gasteiger charge is 2.51. The molecule has 10 rings (SSSR count). The van der Waals surface area contributed by atoms with Crippen LogP contribution in [0.25, 0.3) is 22.0 Å². The van der Waals surface area contributed by atoms with Crippen LogP contribution in [0, 0.1) is 12.3 Å². The molecule has 1 saturated heterocycles. The van der Waals surface area contributed by atoms with Crippen LogP contribution in [-0.2, 0) is 9.31 Å². The number of carboxylic acids is 1. The van der Waals surface area contributed by atoms with Crippen LogP contribution in [0.4, 0.5) is 0 Å². The van der Waals surface area contributed by atoms with Gasteiger partial charge in [0.2, 0.25) is 0 Å². The van der Waals surface area contributed by atoms with E-state index in [4.69, 9.17) is 44.9 Å². The quantitative estimate of drug-likeness (QED) is 0.0254. The summed E-state index contributed by atoms with van der Waals surface area (Å²) < 4.78 is 29.2. The minimum Gasteiger partial charge on any atom is -0.497 e. The molecule has 0 radical (unpaired) electrons. The number of aromatic amines is 1. The lowest BCUT2D eigenvalue weighted by Crippen LogP contribution is -2.41. The number of hydrogen-bond donors (Lipinski definition) is 9. The number of fused-ring (bicyclic) bond motifs is 1. The molecule has 9 aromatic rings. The first kappa shape index (κ1) is 73.5. The van der Waals surface area contributed by atoms with Gasteiger partial charge in [-0.3, -0.25) is 14.7 Å². The van der Waals surface area contributed by atoms with E-state index in [1.165, 1.54) is 6.21 Å². The van der Waals surface area contributed by atoms with Crippen molar-refractivity contribution in [3.63, 3.8) is 0 Å². The first-order valence-electron chi connectivity index (χ1n) is 29.9. The molecule has 1 fully saturated rings. The maximum absolute atomic E-state index is 13.0. The Morgan fingerprint density at radius 3 is 1.55 bits per heavy atom. The fourth-order valence-electron chi connectivity index (χ4n) is 9.43. The molecule has 0 aliphatic carbocycles. The summed E-state index contributed by atoms with van der Waals surface area (Å²) in [7, 11) is 4.47. The number of ether oxygens (including phenoxy) is 3. The number of methoxy groups -OCH3 is 3. The predicted octanol–water partition coefficient (Wildman–Crippen LogP) is 12.9. The molecule has 1 aliphatic rings. The van der Waals surface area contributed by atoms with Gasteiger partial charge in [-0.25, -0.2) is 4.79 Å². The Morgan fingerprint density at radius 1 is 0.602 bits per heavy atom. The Kier molecular flexibility index (Phi) is 28.5. The zero-order valence-electron chi connectivity index (χ0n) is 53.4. The molecule has 10 N–H and O–H groups in total. The molecule has 0 saturated carbocycles. The van der Waals surface area contributed by atoms with Crippen LogP contribution in [0.1, 0.15) is 124 Å². The second kappa shape index (κ2) is 36.1. The topological polar surface area (TPSA) is 281 Å². The SMILES string of the molecule is COc1cccc(C(CCO)NC(=O)c2cccc(-c3ccc4[nH]ncc4c3)c2)c1.COc1cccc(C(CCO)NC(=O)c2cccc(Br)c2)c1.COc1cccc(C(N)CCO)c1.Cc1ccc(B2OC(C)(C)C(C)(C)O2)cc1C=N.O=C(O)c1cccc(Br)c1. The number of aryl methyl sites for hydroxylation is 1. The monoisotopic (exact) mass is 1390 g/mol. The number of carboxylic acid groups (broad SMARTS) is 1. The van der Waals surface area contributed by atoms with Crippen LogP contribution >= 0.6 is 31.9 Å². The molecule has 2 amide bonds. The van der Waals surface area contributed by atoms with Crippen LogP contribution in [0.3, 0.4) is 0 Å². The van der Waals surface area contributed by atoms with Gasteiger partial charge in [0.15, 0.2) is 0 Å². The smallest absolute Gasteiger partial charge is 0.494 e. The lowest BCUT2D eigenvalue weighted by atomic mass is 9.78. The number of hydrogen-bond acceptors (Lipinski definition) is 14. The molecule has 0 bridgehead atoms. The van der Waals surface area contributed by atoms with E-state index in [1.807, 2.05) is 174 Å². The number of aliphatic hydroxyl groups is 3. The summed E-state index contributed by atoms with van der Waals surface area (Å²) in [4.78, 5) is 35.7. The molecule has 21 heteroatoms. The van der Waals surface area contributed by atoms with Crippen molar-refractivity contribution in [1.82, 2.24) is 20.8 Å². The lowest BCUT2D eigenvalue weighted by Gasteiger charge is -2.32. The number of carbonyl (C=O) groups excluding carboxylic acids is 2. The van der Waals surface area contributed by atoms with Crippen LogP contribution in [-0.4, -0.2) is 114 Å². The van der Waals surface area contributed by atoms with Crippen molar-refractivity contribution in [3.8, 4) is 28.4 Å². The van der Waals surface area contributed by atoms with E-state index in [0.717, 1.165) is 75.8 Å². The molecule has 18 nitrogen and oxygen atoms in total. The summed E-state index contributed by atoms with van der Waals surface area (Å²) in [5.41, 5.74) is 15.3. The minimum absolute atomic E-state index is 0.0133. The highest BCUT2D eigenvalue weighted by atomic mass is 79.9. The number of nitrogens with two attached hydrogens (primary N) is 1. The molecule has 1 aliphatic heterocycles. The van der Waals surface area contributed by atoms with Gasteiger partial charge in [-0.05, 0) is 195 Å². The average Bonchev–Trinajstić information content (AvgIpc) is 1.71. The summed E-state index contributed by atoms with van der Waals surface area (Å²) in [6.07, 6.45) is 4.57. The number of carbonyl (C=O) groups is 3. The molecule has 93 heavy (non-hydrogen) atoms. The standard InChI is InChI=1S/C24H23N3O3.C17H18BrNO3.C14H20BNO2.C10H15NO2.C7H5BrO2/c1-30-21-7-3-5-18(14-21)22(10-11-28)26-24(29)19-6-2-4-16(12-19)17-8-9-23-20(13-17)15-25-27-23;1-22-15-7-3-4-12(11-15)16(8-9-20)19-17(21)13-5-2-6-14(18)10-13;1-10-6-7-12(8-11(10)9-16)15-17-13(2,3)14(4,5)18-15;1-13-9-4-2-3-8(7-9)10(11)5-6-12;8-6-3-1-2-5(4-6)7(9)10/h2-9,12-15,22,28H,10-11H2,1H3,(H,25,27)(H,26,29);2-7,10-11,16,20H,8-9H2,1H3,(H,19,21);6-9,16H,1-5H3;2-4,7,10,12H,5-6,11H2,1H3;1-4H,(H,9,10). The molecule has 2 heterocycles. The maximum atomic E-state index is 13.0. The van der Waals surface area contributed by atoms with Gasteiger partial charge in [-0.2, -0.15) is 5.10 Å². The van der Waals surface area contributed by atoms with E-state index in [-0.39, 0.29) is 68.1 Å². The molecule has 0 spiro atoms. The second-order valence-corrected chi connectivity index (χ2v) is 24.3. The third kappa shape index (κ3) is 21.8. The van der Waals surface area contributed by atoms with E-state index >= 15 is 0 Å². The average molecular weight is 1390 g/mol. The van der Waals surface area contributed by atoms with Crippen LogP contribution in [0.15, 0.2) is 197 Å². The Labute approximate surface area is 560 Å². The molecule has 1 aromatic heterocycles. The Bertz CT molecular complexity index is 3890. The number of benzene rings is 8. The van der Waals surface area contributed by atoms with Crippen molar-refractivity contribution in [1.29, 1.82) is 5.41 Å². The van der Waals surface area contributed by atoms with Gasteiger partial charge in [-0.15, -0.1) is 0 Å². The summed E-state index contributed by atoms with van der Waals surface area (Å²) in [6.45, 7) is 10.2. The zero-order valence-corrected chi connectivity index (χ0v) is 56.5. The number of halogens is 2. The maximum Gasteiger partial charge on any atom is 0.494 e. The van der Waals surface area contributed by atoms with Crippen molar-refractivity contribution in [2.75, 3.05) is 41.2 Å². The summed E-state index contributed by atoms with van der Waals surface area (Å²) in [5, 5.41) is 57.3. The third-order valence-electron chi connectivity index (χ3n) is 15.4. The minimum atomic E-state index is -0.902. The van der Waals surface area contributed by atoms with Crippen LogP contribution in [0.5, 0.6) is 17.2 Å². The van der Waals surface area contributed by atoms with E-state index in [1.54, 1.807) is 70.0 Å². The first-order chi connectivity index (χ1) is 44.5.